The number of carbonyl (C=O) groups is 2. The lowest BCUT2D eigenvalue weighted by Gasteiger charge is -2.07. The summed E-state index contributed by atoms with van der Waals surface area (Å²) in [5, 5.41) is 22.5. The van der Waals surface area contributed by atoms with Crippen LogP contribution in [0.4, 0.5) is 5.13 Å². The Labute approximate surface area is 177 Å². The number of benzene rings is 1. The Bertz CT molecular complexity index is 994. The van der Waals surface area contributed by atoms with E-state index in [9.17, 15) is 9.59 Å². The maximum absolute atomic E-state index is 12.2. The average molecular weight is 458 g/mol. The molecule has 2 amide bonds. The molecule has 0 unspecified atom stereocenters. The lowest BCUT2D eigenvalue weighted by molar-refractivity contribution is -0.113. The molecule has 2 N–H and O–H groups in total. The van der Waals surface area contributed by atoms with Crippen LogP contribution in [0.15, 0.2) is 28.9 Å². The Morgan fingerprint density at radius 1 is 1.21 bits per heavy atom. The first-order valence-corrected chi connectivity index (χ1v) is 10.4. The predicted molar refractivity (Wildman–Crippen MR) is 108 cm³/mol. The topological polar surface area (TPSA) is 115 Å². The molecule has 146 valence electrons. The van der Waals surface area contributed by atoms with Crippen LogP contribution in [0.3, 0.4) is 0 Å². The van der Waals surface area contributed by atoms with Gasteiger partial charge in [-0.15, -0.1) is 20.4 Å². The molecule has 0 bridgehead atoms. The maximum Gasteiger partial charge on any atom is 0.251 e. The summed E-state index contributed by atoms with van der Waals surface area (Å²) < 4.78 is 1.71. The number of amides is 2. The third kappa shape index (κ3) is 5.19. The summed E-state index contributed by atoms with van der Waals surface area (Å²) in [5.41, 5.74) is 1.92. The van der Waals surface area contributed by atoms with Crippen LogP contribution in [0.25, 0.3) is 0 Å². The van der Waals surface area contributed by atoms with Gasteiger partial charge in [0.1, 0.15) is 5.51 Å². The first-order chi connectivity index (χ1) is 13.4. The van der Waals surface area contributed by atoms with Crippen molar-refractivity contribution in [3.63, 3.8) is 0 Å². The number of carbonyl (C=O) groups excluding carboxylic acids is 2. The first-order valence-electron chi connectivity index (χ1n) is 7.74. The minimum Gasteiger partial charge on any atom is -0.345 e. The van der Waals surface area contributed by atoms with Gasteiger partial charge in [0.15, 0.2) is 11.0 Å². The lowest BCUT2D eigenvalue weighted by Crippen LogP contribution is -2.24. The van der Waals surface area contributed by atoms with Crippen molar-refractivity contribution >= 4 is 63.2 Å². The minimum absolute atomic E-state index is 0.140. The van der Waals surface area contributed by atoms with E-state index < -0.39 is 0 Å². The van der Waals surface area contributed by atoms with E-state index in [1.165, 1.54) is 34.7 Å². The highest BCUT2D eigenvalue weighted by Crippen LogP contribution is 2.22. The van der Waals surface area contributed by atoms with E-state index in [0.717, 1.165) is 0 Å². The van der Waals surface area contributed by atoms with Gasteiger partial charge in [-0.2, -0.15) is 0 Å². The molecule has 13 heteroatoms. The molecule has 2 heterocycles. The fourth-order valence-electron chi connectivity index (χ4n) is 2.04. The van der Waals surface area contributed by atoms with E-state index in [-0.39, 0.29) is 24.1 Å². The van der Waals surface area contributed by atoms with Gasteiger partial charge in [-0.05, 0) is 18.2 Å². The quantitative estimate of drug-likeness (QED) is 0.523. The Morgan fingerprint density at radius 3 is 2.75 bits per heavy atom. The van der Waals surface area contributed by atoms with Crippen molar-refractivity contribution in [1.82, 2.24) is 30.3 Å². The zero-order valence-corrected chi connectivity index (χ0v) is 17.5. The van der Waals surface area contributed by atoms with Crippen molar-refractivity contribution in [2.75, 3.05) is 11.1 Å². The molecule has 0 radical (unpaired) electrons. The number of hydrogen-bond acceptors (Lipinski definition) is 8. The molecule has 0 atom stereocenters. The molecule has 9 nitrogen and oxygen atoms in total. The van der Waals surface area contributed by atoms with Crippen LogP contribution >= 0.6 is 46.3 Å². The van der Waals surface area contributed by atoms with Crippen molar-refractivity contribution in [3.8, 4) is 0 Å². The Hall–Kier alpha value is -2.21. The number of aromatic nitrogens is 5. The zero-order chi connectivity index (χ0) is 20.1. The average Bonchev–Trinajstić information content (AvgIpc) is 3.30. The van der Waals surface area contributed by atoms with Crippen molar-refractivity contribution < 1.29 is 9.59 Å². The van der Waals surface area contributed by atoms with Crippen LogP contribution < -0.4 is 10.6 Å². The molecule has 0 aliphatic rings. The van der Waals surface area contributed by atoms with Crippen molar-refractivity contribution in [3.05, 3.63) is 45.1 Å². The van der Waals surface area contributed by atoms with Gasteiger partial charge >= 0.3 is 0 Å². The smallest absolute Gasteiger partial charge is 0.251 e. The standard InChI is InChI=1S/C15H13Cl2N7O2S2/c1-24-11(5-18-13(26)8-2-3-9(16)10(17)4-8)21-23-15(24)27-6-12(25)20-14-22-19-7-28-14/h2-4,7H,5-6H2,1H3,(H,18,26)(H,20,22,25). The lowest BCUT2D eigenvalue weighted by atomic mass is 10.2. The normalized spacial score (nSPS) is 10.7. The molecule has 0 aliphatic heterocycles. The number of hydrogen-bond donors (Lipinski definition) is 2. The summed E-state index contributed by atoms with van der Waals surface area (Å²) >= 11 is 14.2. The molecule has 2 aromatic heterocycles. The van der Waals surface area contributed by atoms with Crippen molar-refractivity contribution in [2.24, 2.45) is 7.05 Å². The predicted octanol–water partition coefficient (Wildman–Crippen LogP) is 2.63. The second kappa shape index (κ2) is 9.32. The largest absolute Gasteiger partial charge is 0.345 e. The number of anilines is 1. The molecule has 0 spiro atoms. The van der Waals surface area contributed by atoms with Crippen molar-refractivity contribution in [1.29, 1.82) is 0 Å². The molecule has 1 aromatic carbocycles. The van der Waals surface area contributed by atoms with Crippen LogP contribution in [0, 0.1) is 0 Å². The second-order valence-electron chi connectivity index (χ2n) is 5.35. The maximum atomic E-state index is 12.2. The highest BCUT2D eigenvalue weighted by molar-refractivity contribution is 7.99. The van der Waals surface area contributed by atoms with Crippen molar-refractivity contribution in [2.45, 2.75) is 11.7 Å². The van der Waals surface area contributed by atoms with E-state index in [2.05, 4.69) is 31.0 Å². The molecule has 0 fully saturated rings. The molecule has 0 saturated heterocycles. The summed E-state index contributed by atoms with van der Waals surface area (Å²) in [7, 11) is 1.76. The fraction of sp³-hybridized carbons (Fsp3) is 0.200. The van der Waals surface area contributed by atoms with Gasteiger partial charge in [0.2, 0.25) is 11.0 Å². The van der Waals surface area contributed by atoms with E-state index in [4.69, 9.17) is 23.2 Å². The summed E-state index contributed by atoms with van der Waals surface area (Å²) in [6.45, 7) is 0.167. The second-order valence-corrected chi connectivity index (χ2v) is 7.94. The number of nitrogens with one attached hydrogen (secondary N) is 2. The number of nitrogens with zero attached hydrogens (tertiary/aromatic N) is 5. The minimum atomic E-state index is -0.313. The van der Waals surface area contributed by atoms with E-state index >= 15 is 0 Å². The van der Waals surface area contributed by atoms with Crippen LogP contribution in [-0.2, 0) is 18.4 Å². The monoisotopic (exact) mass is 457 g/mol. The molecule has 3 rings (SSSR count). The molecular weight excluding hydrogens is 445 g/mol. The molecule has 28 heavy (non-hydrogen) atoms. The molecule has 0 saturated carbocycles. The third-order valence-corrected chi connectivity index (χ3v) is 5.82. The summed E-state index contributed by atoms with van der Waals surface area (Å²) in [5.74, 6) is 0.146. The van der Waals surface area contributed by atoms with Gasteiger partial charge in [0.25, 0.3) is 5.91 Å². The summed E-state index contributed by atoms with van der Waals surface area (Å²) in [6, 6.07) is 4.63. The van der Waals surface area contributed by atoms with Crippen LogP contribution in [0.5, 0.6) is 0 Å². The highest BCUT2D eigenvalue weighted by Gasteiger charge is 2.14. The zero-order valence-electron chi connectivity index (χ0n) is 14.3. The van der Waals surface area contributed by atoms with Gasteiger partial charge in [-0.3, -0.25) is 14.9 Å². The van der Waals surface area contributed by atoms with Gasteiger partial charge in [0.05, 0.1) is 22.3 Å². The molecule has 0 aliphatic carbocycles. The summed E-state index contributed by atoms with van der Waals surface area (Å²) in [6.07, 6.45) is 0. The van der Waals surface area contributed by atoms with E-state index in [0.29, 0.717) is 31.7 Å². The SMILES string of the molecule is Cn1c(CNC(=O)c2ccc(Cl)c(Cl)c2)nnc1SCC(=O)Nc1nncs1. The summed E-state index contributed by atoms with van der Waals surface area (Å²) in [4.78, 5) is 24.1. The Kier molecular flexibility index (Phi) is 6.83. The number of halogens is 2. The van der Waals surface area contributed by atoms with Gasteiger partial charge in [-0.25, -0.2) is 0 Å². The van der Waals surface area contributed by atoms with Gasteiger partial charge < -0.3 is 9.88 Å². The third-order valence-electron chi connectivity index (χ3n) is 3.45. The number of thioether (sulfide) groups is 1. The Balaban J connectivity index is 1.53. The fourth-order valence-corrected chi connectivity index (χ4v) is 3.53. The first kappa shape index (κ1) is 20.5. The van der Waals surface area contributed by atoms with Gasteiger partial charge in [0, 0.05) is 12.6 Å². The van der Waals surface area contributed by atoms with Crippen LogP contribution in [0.2, 0.25) is 10.0 Å². The molecule has 3 aromatic rings. The van der Waals surface area contributed by atoms with E-state index in [1.807, 2.05) is 0 Å². The van der Waals surface area contributed by atoms with Crippen LogP contribution in [0.1, 0.15) is 16.2 Å². The highest BCUT2D eigenvalue weighted by atomic mass is 35.5. The Morgan fingerprint density at radius 2 is 2.04 bits per heavy atom. The van der Waals surface area contributed by atoms with Gasteiger partial charge in [-0.1, -0.05) is 46.3 Å². The van der Waals surface area contributed by atoms with Crippen LogP contribution in [-0.4, -0.2) is 42.5 Å². The number of rotatable bonds is 7. The van der Waals surface area contributed by atoms with E-state index in [1.54, 1.807) is 23.7 Å². The molecular formula is C15H13Cl2N7O2S2.